The maximum Gasteiger partial charge on any atom is 0.259 e. The van der Waals surface area contributed by atoms with Gasteiger partial charge < -0.3 is 30.3 Å². The maximum absolute atomic E-state index is 14.4. The molecule has 16 heteroatoms. The molecule has 8 rings (SSSR count). The van der Waals surface area contributed by atoms with Crippen molar-refractivity contribution in [2.24, 2.45) is 5.92 Å². The number of pyridine rings is 1. The maximum atomic E-state index is 14.4. The third-order valence-corrected chi connectivity index (χ3v) is 13.2. The van der Waals surface area contributed by atoms with Gasteiger partial charge in [-0.1, -0.05) is 24.3 Å². The van der Waals surface area contributed by atoms with Gasteiger partial charge in [-0.2, -0.15) is 0 Å². The Morgan fingerprint density at radius 3 is 2.62 bits per heavy atom. The molecule has 1 saturated heterocycles. The highest BCUT2D eigenvalue weighted by atomic mass is 32.2. The summed E-state index contributed by atoms with van der Waals surface area (Å²) in [6, 6.07) is 13.5. The van der Waals surface area contributed by atoms with Crippen LogP contribution in [0.4, 0.5) is 10.8 Å². The molecule has 14 nitrogen and oxygen atoms in total. The number of anilines is 2. The smallest absolute Gasteiger partial charge is 0.259 e. The molecule has 4 heterocycles. The van der Waals surface area contributed by atoms with E-state index in [1.165, 1.54) is 22.3 Å². The predicted molar refractivity (Wildman–Crippen MR) is 210 cm³/mol. The van der Waals surface area contributed by atoms with Crippen molar-refractivity contribution >= 4 is 60.8 Å². The number of ether oxygens (including phenoxy) is 2. The van der Waals surface area contributed by atoms with Gasteiger partial charge in [0.2, 0.25) is 21.8 Å². The fraction of sp³-hybridized carbons (Fsp3) is 0.410. The number of hydrogen-bond donors (Lipinski definition) is 4. The van der Waals surface area contributed by atoms with E-state index in [2.05, 4.69) is 27.3 Å². The normalized spacial score (nSPS) is 24.2. The summed E-state index contributed by atoms with van der Waals surface area (Å²) in [5.74, 6) is -1.02. The summed E-state index contributed by atoms with van der Waals surface area (Å²) < 4.78 is 39.9. The first-order valence-electron chi connectivity index (χ1n) is 18.4. The van der Waals surface area contributed by atoms with Crippen molar-refractivity contribution in [3.8, 4) is 22.9 Å². The van der Waals surface area contributed by atoms with Crippen LogP contribution in [0.3, 0.4) is 0 Å². The number of methoxy groups -OCH3 is 1. The molecule has 4 aromatic rings. The molecule has 0 unspecified atom stereocenters. The van der Waals surface area contributed by atoms with Gasteiger partial charge in [0.1, 0.15) is 40.9 Å². The Morgan fingerprint density at radius 1 is 1.11 bits per heavy atom. The number of likely N-dealkylation sites (tertiary alicyclic amines) is 1. The van der Waals surface area contributed by atoms with Crippen LogP contribution >= 0.6 is 11.3 Å². The molecule has 55 heavy (non-hydrogen) atoms. The quantitative estimate of drug-likeness (QED) is 0.143. The van der Waals surface area contributed by atoms with Gasteiger partial charge in [0, 0.05) is 53.4 Å². The number of aromatic nitrogens is 2. The second-order valence-electron chi connectivity index (χ2n) is 14.9. The van der Waals surface area contributed by atoms with Crippen molar-refractivity contribution in [2.75, 3.05) is 24.3 Å². The second-order valence-corrected chi connectivity index (χ2v) is 17.8. The van der Waals surface area contributed by atoms with Gasteiger partial charge in [-0.3, -0.25) is 19.1 Å². The lowest BCUT2D eigenvalue weighted by molar-refractivity contribution is -0.140. The molecular weight excluding hydrogens is 743 g/mol. The van der Waals surface area contributed by atoms with Crippen molar-refractivity contribution < 1.29 is 32.3 Å². The van der Waals surface area contributed by atoms with E-state index in [-0.39, 0.29) is 31.3 Å². The summed E-state index contributed by atoms with van der Waals surface area (Å²) >= 11 is 1.47. The van der Waals surface area contributed by atoms with Crippen LogP contribution in [0.2, 0.25) is 0 Å². The Morgan fingerprint density at radius 2 is 1.91 bits per heavy atom. The largest absolute Gasteiger partial charge is 0.497 e. The van der Waals surface area contributed by atoms with Gasteiger partial charge in [0.25, 0.3) is 5.91 Å². The van der Waals surface area contributed by atoms with Gasteiger partial charge in [-0.15, -0.1) is 17.9 Å². The van der Waals surface area contributed by atoms with Crippen molar-refractivity contribution in [1.29, 1.82) is 0 Å². The fourth-order valence-electron chi connectivity index (χ4n) is 7.46. The summed E-state index contributed by atoms with van der Waals surface area (Å²) in [5, 5.41) is 12.3. The first-order valence-corrected chi connectivity index (χ1v) is 20.8. The number of sulfonamides is 1. The lowest BCUT2D eigenvalue weighted by Crippen LogP contribution is -2.57. The molecule has 2 saturated carbocycles. The minimum atomic E-state index is -3.87. The Labute approximate surface area is 323 Å². The minimum absolute atomic E-state index is 0.0834. The molecule has 2 aliphatic carbocycles. The molecule has 4 aliphatic rings. The van der Waals surface area contributed by atoms with Crippen LogP contribution in [0.1, 0.15) is 45.1 Å². The topological polar surface area (TPSA) is 181 Å². The number of amides is 3. The molecule has 0 spiro atoms. The fourth-order valence-corrected chi connectivity index (χ4v) is 9.67. The Hall–Kier alpha value is -5.22. The van der Waals surface area contributed by atoms with Gasteiger partial charge >= 0.3 is 0 Å². The third-order valence-electron chi connectivity index (χ3n) is 10.6. The summed E-state index contributed by atoms with van der Waals surface area (Å²) in [6.07, 6.45) is 2.61. The zero-order valence-corrected chi connectivity index (χ0v) is 32.3. The van der Waals surface area contributed by atoms with Crippen molar-refractivity contribution in [1.82, 2.24) is 24.9 Å². The van der Waals surface area contributed by atoms with Crippen LogP contribution in [0.15, 0.2) is 66.6 Å². The van der Waals surface area contributed by atoms with E-state index in [1.54, 1.807) is 7.11 Å². The van der Waals surface area contributed by atoms with E-state index >= 15 is 0 Å². The highest BCUT2D eigenvalue weighted by Gasteiger charge is 2.62. The van der Waals surface area contributed by atoms with Crippen LogP contribution in [0.5, 0.6) is 11.5 Å². The van der Waals surface area contributed by atoms with Gasteiger partial charge in [-0.05, 0) is 56.9 Å². The molecule has 3 amide bonds. The number of fused-ring (bicyclic) bond motifs is 2. The monoisotopic (exact) mass is 785 g/mol. The SMILES string of the molecule is C=C[C@@H]1C[C@]1(NC(=O)[C@@H]1C[C@@H](Oc2cc(-c3csc(NC(C)C)n3)nc3cc(OC)ccc23)CN1C(=O)[C@@H]1Cc2ccccc2N1)C(=O)NS(=O)(=O)C1CC1. The van der Waals surface area contributed by atoms with Gasteiger partial charge in [0.15, 0.2) is 5.13 Å². The summed E-state index contributed by atoms with van der Waals surface area (Å²) in [6.45, 7) is 7.96. The number of carbonyl (C=O) groups is 3. The van der Waals surface area contributed by atoms with Crippen LogP contribution < -0.4 is 30.1 Å². The summed E-state index contributed by atoms with van der Waals surface area (Å²) in [7, 11) is -2.29. The molecule has 2 aromatic carbocycles. The lowest BCUT2D eigenvalue weighted by atomic mass is 10.1. The van der Waals surface area contributed by atoms with Crippen LogP contribution in [0, 0.1) is 5.92 Å². The highest BCUT2D eigenvalue weighted by Crippen LogP contribution is 2.46. The summed E-state index contributed by atoms with van der Waals surface area (Å²) in [4.78, 5) is 53.4. The number of benzene rings is 2. The Kier molecular flexibility index (Phi) is 9.44. The van der Waals surface area contributed by atoms with Crippen LogP contribution in [-0.2, 0) is 30.8 Å². The van der Waals surface area contributed by atoms with Gasteiger partial charge in [0.05, 0.1) is 30.1 Å². The zero-order valence-electron chi connectivity index (χ0n) is 30.7. The molecule has 3 fully saturated rings. The van der Waals surface area contributed by atoms with Crippen molar-refractivity contribution in [3.63, 3.8) is 0 Å². The number of nitrogens with one attached hydrogen (secondary N) is 4. The number of thiazole rings is 1. The molecule has 0 bridgehead atoms. The van der Waals surface area contributed by atoms with Crippen molar-refractivity contribution in [2.45, 2.75) is 81.0 Å². The number of rotatable bonds is 13. The average molecular weight is 786 g/mol. The number of para-hydroxylation sites is 1. The molecular formula is C39H43N7O7S2. The average Bonchev–Trinajstić information content (AvgIpc) is 3.98. The van der Waals surface area contributed by atoms with Crippen molar-refractivity contribution in [3.05, 3.63) is 72.1 Å². The molecule has 5 atom stereocenters. The molecule has 2 aromatic heterocycles. The minimum Gasteiger partial charge on any atom is -0.497 e. The van der Waals surface area contributed by atoms with E-state index in [0.29, 0.717) is 53.1 Å². The van der Waals surface area contributed by atoms with Crippen LogP contribution in [-0.4, -0.2) is 89.7 Å². The van der Waals surface area contributed by atoms with E-state index in [4.69, 9.17) is 19.4 Å². The predicted octanol–water partition coefficient (Wildman–Crippen LogP) is 4.24. The van der Waals surface area contributed by atoms with E-state index in [1.807, 2.05) is 67.8 Å². The van der Waals surface area contributed by atoms with Crippen LogP contribution in [0.25, 0.3) is 22.3 Å². The summed E-state index contributed by atoms with van der Waals surface area (Å²) in [5.41, 5.74) is 2.20. The highest BCUT2D eigenvalue weighted by molar-refractivity contribution is 7.91. The third kappa shape index (κ3) is 7.20. The van der Waals surface area contributed by atoms with E-state index in [0.717, 1.165) is 16.4 Å². The second kappa shape index (κ2) is 14.1. The van der Waals surface area contributed by atoms with E-state index in [9.17, 15) is 22.8 Å². The Balaban J connectivity index is 1.09. The number of hydrogen-bond acceptors (Lipinski definition) is 12. The zero-order chi connectivity index (χ0) is 38.6. The van der Waals surface area contributed by atoms with E-state index < -0.39 is 56.7 Å². The van der Waals surface area contributed by atoms with Gasteiger partial charge in [-0.25, -0.2) is 18.4 Å². The molecule has 2 aliphatic heterocycles. The lowest BCUT2D eigenvalue weighted by Gasteiger charge is -2.28. The standard InChI is InChI=1S/C39H43N7O7S2/c1-5-23-18-39(23,37(49)45-55(50,51)26-11-12-26)44-35(47)33-16-25(19-46(33)36(48)31-14-22-8-6-7-9-28(22)41-31)53-34-17-30(32-20-54-38(43-32)40-21(2)3)42-29-15-24(52-4)10-13-27(29)34/h5-10,13,15,17,20-21,23,25-26,31,33,41H,1,11-12,14,16,18-19H2,2-4H3,(H,40,43)(H,44,47)(H,45,49)/t23-,25-,31+,33+,39-/m1/s1. The number of nitrogens with zero attached hydrogens (tertiary/aromatic N) is 3. The molecule has 0 radical (unpaired) electrons. The molecule has 288 valence electrons. The first-order chi connectivity index (χ1) is 26.4. The number of carbonyl (C=O) groups excluding carboxylic acids is 3. The molecule has 4 N–H and O–H groups in total. The first kappa shape index (κ1) is 36.7. The Bertz CT molecular complexity index is 2280.